The predicted octanol–water partition coefficient (Wildman–Crippen LogP) is 1.99. The van der Waals surface area contributed by atoms with Crippen LogP contribution in [0.1, 0.15) is 35.1 Å². The number of imidazole rings is 1. The summed E-state index contributed by atoms with van der Waals surface area (Å²) in [5, 5.41) is 5.12. The van der Waals surface area contributed by atoms with Gasteiger partial charge in [-0.25, -0.2) is 22.9 Å². The van der Waals surface area contributed by atoms with Crippen LogP contribution in [0.5, 0.6) is 0 Å². The second kappa shape index (κ2) is 7.40. The van der Waals surface area contributed by atoms with E-state index < -0.39 is 22.3 Å². The molecule has 0 aliphatic heterocycles. The second-order valence-electron chi connectivity index (χ2n) is 6.92. The molecule has 2 heterocycles. The van der Waals surface area contributed by atoms with E-state index in [9.17, 15) is 17.2 Å². The fourth-order valence-electron chi connectivity index (χ4n) is 3.56. The van der Waals surface area contributed by atoms with Crippen LogP contribution in [0.2, 0.25) is 0 Å². The molecule has 1 aliphatic rings. The van der Waals surface area contributed by atoms with Gasteiger partial charge in [0.15, 0.2) is 17.0 Å². The quantitative estimate of drug-likeness (QED) is 0.381. The van der Waals surface area contributed by atoms with Gasteiger partial charge in [0.05, 0.1) is 5.75 Å². The molecule has 0 spiro atoms. The molecule has 0 saturated heterocycles. The number of benzene rings is 1. The van der Waals surface area contributed by atoms with Gasteiger partial charge in [0.2, 0.25) is 10.0 Å². The summed E-state index contributed by atoms with van der Waals surface area (Å²) in [7, 11) is -3.77. The van der Waals surface area contributed by atoms with Gasteiger partial charge in [-0.15, -0.1) is 0 Å². The lowest BCUT2D eigenvalue weighted by Crippen LogP contribution is -2.21. The van der Waals surface area contributed by atoms with Crippen LogP contribution in [-0.2, 0) is 29.4 Å². The minimum Gasteiger partial charge on any atom is -0.382 e. The Hall–Kier alpha value is -1.93. The molecule has 1 aliphatic carbocycles. The number of primary sulfonamides is 1. The molecule has 1 aromatic carbocycles. The monoisotopic (exact) mass is 534 g/mol. The van der Waals surface area contributed by atoms with Crippen molar-refractivity contribution in [2.24, 2.45) is 5.14 Å². The number of hydrogen-bond donors (Lipinski definition) is 2. The molecule has 12 heteroatoms. The van der Waals surface area contributed by atoms with Gasteiger partial charge < -0.3 is 10.3 Å². The molecule has 0 radical (unpaired) electrons. The maximum absolute atomic E-state index is 14.2. The fraction of sp³-hybridized carbons (Fsp3) is 0.353. The van der Waals surface area contributed by atoms with Crippen LogP contribution in [0, 0.1) is 9.65 Å². The minimum atomic E-state index is -3.77. The lowest BCUT2D eigenvalue weighted by atomic mass is 10.0. The van der Waals surface area contributed by atoms with E-state index in [-0.39, 0.29) is 35.7 Å². The first-order valence-corrected chi connectivity index (χ1v) is 11.6. The second-order valence-corrected chi connectivity index (χ2v) is 9.82. The molecule has 2 aromatic heterocycles. The third kappa shape index (κ3) is 4.05. The number of alkyl halides is 1. The van der Waals surface area contributed by atoms with Crippen molar-refractivity contribution in [2.45, 2.75) is 32.0 Å². The Morgan fingerprint density at radius 2 is 2.03 bits per heavy atom. The highest BCUT2D eigenvalue weighted by molar-refractivity contribution is 14.1. The first kappa shape index (κ1) is 20.3. The topological polar surface area (TPSA) is 130 Å². The van der Waals surface area contributed by atoms with Crippen molar-refractivity contribution < 1.29 is 17.2 Å². The Labute approximate surface area is 178 Å². The summed E-state index contributed by atoms with van der Waals surface area (Å²) in [5.74, 6) is -0.109. The van der Waals surface area contributed by atoms with Gasteiger partial charge in [-0.2, -0.15) is 14.4 Å². The van der Waals surface area contributed by atoms with E-state index in [0.717, 1.165) is 14.7 Å². The van der Waals surface area contributed by atoms with Gasteiger partial charge in [0.25, 0.3) is 0 Å². The van der Waals surface area contributed by atoms with Crippen molar-refractivity contribution in [3.05, 3.63) is 44.3 Å². The molecule has 4 rings (SSSR count). The van der Waals surface area contributed by atoms with Gasteiger partial charge in [0, 0.05) is 16.5 Å². The number of nitrogens with zero attached hydrogens (tertiary/aromatic N) is 4. The maximum Gasteiger partial charge on any atom is 0.312 e. The molecule has 154 valence electrons. The smallest absolute Gasteiger partial charge is 0.312 e. The summed E-state index contributed by atoms with van der Waals surface area (Å²) >= 11 is 2.18. The molecule has 0 bridgehead atoms. The van der Waals surface area contributed by atoms with Crippen LogP contribution >= 0.6 is 22.6 Å². The van der Waals surface area contributed by atoms with Crippen LogP contribution in [0.3, 0.4) is 0 Å². The Morgan fingerprint density at radius 1 is 1.28 bits per heavy atom. The summed E-state index contributed by atoms with van der Waals surface area (Å²) in [6, 6.07) is 3.77. The number of aromatic nitrogens is 4. The number of nitrogens with two attached hydrogens (primary N) is 2. The van der Waals surface area contributed by atoms with Crippen LogP contribution in [0.25, 0.3) is 11.2 Å². The van der Waals surface area contributed by atoms with E-state index in [1.807, 2.05) is 12.1 Å². The minimum absolute atomic E-state index is 0.0756. The largest absolute Gasteiger partial charge is 0.382 e. The normalized spacial score (nSPS) is 16.5. The van der Waals surface area contributed by atoms with E-state index in [1.54, 1.807) is 0 Å². The van der Waals surface area contributed by atoms with E-state index >= 15 is 0 Å². The standard InChI is InChI=1S/C17H17F2IN6O2S/c18-11-2-1-8-6-12(20)9(5-10(8)11)7-13-23-14-15(21)24-17(19)25-16(14)26(13)3-4-29(22,27)28/h5-6,11H,1-4,7H2,(H2,21,24,25)(H2,22,27,28). The number of halogens is 3. The van der Waals surface area contributed by atoms with E-state index in [1.165, 1.54) is 4.57 Å². The molecule has 0 amide bonds. The zero-order valence-corrected chi connectivity index (χ0v) is 18.0. The van der Waals surface area contributed by atoms with Crippen molar-refractivity contribution >= 4 is 49.6 Å². The summed E-state index contributed by atoms with van der Waals surface area (Å²) in [5.41, 5.74) is 8.53. The van der Waals surface area contributed by atoms with E-state index in [0.29, 0.717) is 24.2 Å². The van der Waals surface area contributed by atoms with Crippen molar-refractivity contribution in [1.29, 1.82) is 0 Å². The van der Waals surface area contributed by atoms with Crippen molar-refractivity contribution in [2.75, 3.05) is 11.5 Å². The Morgan fingerprint density at radius 3 is 2.76 bits per heavy atom. The lowest BCUT2D eigenvalue weighted by molar-refractivity contribution is 0.343. The van der Waals surface area contributed by atoms with Gasteiger partial charge in [-0.05, 0) is 58.2 Å². The van der Waals surface area contributed by atoms with E-state index in [4.69, 9.17) is 10.9 Å². The molecular formula is C17H17F2IN6O2S. The van der Waals surface area contributed by atoms with Gasteiger partial charge in [0.1, 0.15) is 12.0 Å². The van der Waals surface area contributed by atoms with Crippen LogP contribution in [0.4, 0.5) is 14.6 Å². The molecule has 0 saturated carbocycles. The SMILES string of the molecule is Nc1nc(F)nc2c1nc(Cc1cc3c(cc1I)CCC3F)n2CCS(N)(=O)=O. The molecule has 8 nitrogen and oxygen atoms in total. The predicted molar refractivity (Wildman–Crippen MR) is 112 cm³/mol. The summed E-state index contributed by atoms with van der Waals surface area (Å²) in [6.07, 6.45) is -0.610. The number of rotatable bonds is 5. The molecular weight excluding hydrogens is 517 g/mol. The zero-order chi connectivity index (χ0) is 20.9. The summed E-state index contributed by atoms with van der Waals surface area (Å²) < 4.78 is 53.2. The molecule has 0 fully saturated rings. The van der Waals surface area contributed by atoms with Crippen molar-refractivity contribution in [1.82, 2.24) is 19.5 Å². The number of aryl methyl sites for hydroxylation is 2. The number of anilines is 1. The van der Waals surface area contributed by atoms with Crippen molar-refractivity contribution in [3.8, 4) is 0 Å². The fourth-order valence-corrected chi connectivity index (χ4v) is 4.72. The first-order chi connectivity index (χ1) is 13.6. The lowest BCUT2D eigenvalue weighted by Gasteiger charge is -2.11. The van der Waals surface area contributed by atoms with Gasteiger partial charge >= 0.3 is 6.08 Å². The third-order valence-corrected chi connectivity index (χ3v) is 6.69. The highest BCUT2D eigenvalue weighted by Crippen LogP contribution is 2.36. The first-order valence-electron chi connectivity index (χ1n) is 8.76. The highest BCUT2D eigenvalue weighted by atomic mass is 127. The number of sulfonamides is 1. The Bertz CT molecular complexity index is 1230. The molecule has 1 unspecified atom stereocenters. The zero-order valence-electron chi connectivity index (χ0n) is 15.1. The molecule has 29 heavy (non-hydrogen) atoms. The maximum atomic E-state index is 14.2. The highest BCUT2D eigenvalue weighted by Gasteiger charge is 2.25. The van der Waals surface area contributed by atoms with Crippen LogP contribution in [0.15, 0.2) is 12.1 Å². The number of fused-ring (bicyclic) bond motifs is 2. The van der Waals surface area contributed by atoms with Crippen LogP contribution in [-0.4, -0.2) is 33.7 Å². The molecule has 3 aromatic rings. The number of hydrogen-bond acceptors (Lipinski definition) is 6. The average molecular weight is 534 g/mol. The summed E-state index contributed by atoms with van der Waals surface area (Å²) in [6.45, 7) is -0.0756. The number of nitrogen functional groups attached to an aromatic ring is 1. The van der Waals surface area contributed by atoms with Gasteiger partial charge in [-0.3, -0.25) is 0 Å². The Balaban J connectivity index is 1.81. The van der Waals surface area contributed by atoms with Crippen molar-refractivity contribution in [3.63, 3.8) is 0 Å². The van der Waals surface area contributed by atoms with E-state index in [2.05, 4.69) is 37.5 Å². The third-order valence-electron chi connectivity index (χ3n) is 4.93. The molecule has 1 atom stereocenters. The van der Waals surface area contributed by atoms with Crippen LogP contribution < -0.4 is 10.9 Å². The average Bonchev–Trinajstić information content (AvgIpc) is 3.14. The Kier molecular flexibility index (Phi) is 5.19. The summed E-state index contributed by atoms with van der Waals surface area (Å²) in [4.78, 5) is 11.6. The van der Waals surface area contributed by atoms with Gasteiger partial charge in [-0.1, -0.05) is 6.07 Å². The molecule has 4 N–H and O–H groups in total.